The molecule has 2 aliphatic rings. The number of para-hydroxylation sites is 1. The molecule has 2 heterocycles. The molecule has 136 valence electrons. The first-order chi connectivity index (χ1) is 13.3. The quantitative estimate of drug-likeness (QED) is 0.773. The number of nitrogens with one attached hydrogen (secondary N) is 1. The lowest BCUT2D eigenvalue weighted by Gasteiger charge is -2.24. The smallest absolute Gasteiger partial charge is 0.231 e. The second-order valence-corrected chi connectivity index (χ2v) is 7.07. The minimum Gasteiger partial charge on any atom is -0.492 e. The Kier molecular flexibility index (Phi) is 3.85. The van der Waals surface area contributed by atoms with Crippen LogP contribution in [0.2, 0.25) is 0 Å². The van der Waals surface area contributed by atoms with E-state index in [4.69, 9.17) is 4.74 Å². The molecule has 1 atom stereocenters. The molecule has 5 rings (SSSR count). The van der Waals surface area contributed by atoms with Gasteiger partial charge in [-0.3, -0.25) is 4.79 Å². The minimum absolute atomic E-state index is 0.0385. The van der Waals surface area contributed by atoms with E-state index in [1.165, 1.54) is 0 Å². The Balaban J connectivity index is 1.33. The first-order valence-electron chi connectivity index (χ1n) is 9.18. The molecule has 1 N–H and O–H groups in total. The number of carbonyl (C=O) groups excluding carboxylic acids is 1. The van der Waals surface area contributed by atoms with Crippen LogP contribution in [0.1, 0.15) is 24.4 Å². The zero-order chi connectivity index (χ0) is 18.2. The third-order valence-corrected chi connectivity index (χ3v) is 5.02. The van der Waals surface area contributed by atoms with E-state index < -0.39 is 0 Å². The molecule has 3 aromatic rings. The van der Waals surface area contributed by atoms with Crippen molar-refractivity contribution in [3.8, 4) is 17.1 Å². The zero-order valence-corrected chi connectivity index (χ0v) is 14.7. The highest BCUT2D eigenvalue weighted by atomic mass is 16.5. The van der Waals surface area contributed by atoms with Crippen molar-refractivity contribution in [2.45, 2.75) is 25.3 Å². The van der Waals surface area contributed by atoms with Crippen molar-refractivity contribution >= 4 is 11.6 Å². The normalized spacial score (nSPS) is 18.4. The monoisotopic (exact) mass is 361 g/mol. The number of fused-ring (bicyclic) bond motifs is 1. The van der Waals surface area contributed by atoms with Gasteiger partial charge in [0.15, 0.2) is 5.82 Å². The standard InChI is InChI=1S/C20H19N5O2/c26-20(15-10-13-4-1-2-7-18(13)27-12-15)21-16-6-3-5-14(11-16)19-22-23-24-25(19)17-8-9-17/h1-7,11,15,17H,8-10,12H2,(H,21,26)/t15-/m1/s1. The van der Waals surface area contributed by atoms with Gasteiger partial charge in [0.25, 0.3) is 0 Å². The third-order valence-electron chi connectivity index (χ3n) is 5.02. The van der Waals surface area contributed by atoms with Crippen LogP contribution in [0, 0.1) is 5.92 Å². The topological polar surface area (TPSA) is 81.9 Å². The molecule has 1 aromatic heterocycles. The average molecular weight is 361 g/mol. The summed E-state index contributed by atoms with van der Waals surface area (Å²) >= 11 is 0. The van der Waals surface area contributed by atoms with Gasteiger partial charge >= 0.3 is 0 Å². The lowest BCUT2D eigenvalue weighted by atomic mass is 9.96. The van der Waals surface area contributed by atoms with E-state index in [2.05, 4.69) is 20.8 Å². The Morgan fingerprint density at radius 1 is 1.15 bits per heavy atom. The molecule has 0 radical (unpaired) electrons. The highest BCUT2D eigenvalue weighted by Gasteiger charge is 2.29. The van der Waals surface area contributed by atoms with Crippen molar-refractivity contribution in [2.75, 3.05) is 11.9 Å². The number of ether oxygens (including phenoxy) is 1. The first kappa shape index (κ1) is 16.0. The number of aromatic nitrogens is 4. The maximum atomic E-state index is 12.7. The Hall–Kier alpha value is -3.22. The van der Waals surface area contributed by atoms with E-state index in [0.717, 1.165) is 41.2 Å². The number of hydrogen-bond donors (Lipinski definition) is 1. The Bertz CT molecular complexity index is 995. The fourth-order valence-electron chi connectivity index (χ4n) is 3.43. The molecule has 2 aromatic carbocycles. The van der Waals surface area contributed by atoms with E-state index in [1.807, 2.05) is 53.2 Å². The second-order valence-electron chi connectivity index (χ2n) is 7.07. The molecule has 1 aliphatic heterocycles. The first-order valence-corrected chi connectivity index (χ1v) is 9.18. The molecule has 1 aliphatic carbocycles. The van der Waals surface area contributed by atoms with Crippen LogP contribution in [0.15, 0.2) is 48.5 Å². The molecular formula is C20H19N5O2. The summed E-state index contributed by atoms with van der Waals surface area (Å²) in [5.41, 5.74) is 2.71. The Morgan fingerprint density at radius 3 is 2.93 bits per heavy atom. The van der Waals surface area contributed by atoms with Gasteiger partial charge in [0.1, 0.15) is 12.4 Å². The molecule has 0 saturated heterocycles. The summed E-state index contributed by atoms with van der Waals surface area (Å²) in [6.07, 6.45) is 2.90. The summed E-state index contributed by atoms with van der Waals surface area (Å²) in [5, 5.41) is 15.1. The SMILES string of the molecule is O=C(Nc1cccc(-c2nnnn2C2CC2)c1)[C@H]1COc2ccccc2C1. The van der Waals surface area contributed by atoms with Crippen LogP contribution in [-0.4, -0.2) is 32.7 Å². The Morgan fingerprint density at radius 2 is 2.04 bits per heavy atom. The van der Waals surface area contributed by atoms with Gasteiger partial charge in [0.05, 0.1) is 12.0 Å². The highest BCUT2D eigenvalue weighted by Crippen LogP contribution is 2.37. The van der Waals surface area contributed by atoms with Gasteiger partial charge in [0.2, 0.25) is 5.91 Å². The fraction of sp³-hybridized carbons (Fsp3) is 0.300. The van der Waals surface area contributed by atoms with Gasteiger partial charge in [-0.05, 0) is 53.5 Å². The molecule has 1 fully saturated rings. The summed E-state index contributed by atoms with van der Waals surface area (Å²) in [6, 6.07) is 15.9. The summed E-state index contributed by atoms with van der Waals surface area (Å²) in [7, 11) is 0. The molecule has 1 amide bonds. The van der Waals surface area contributed by atoms with Gasteiger partial charge in [-0.2, -0.15) is 0 Å². The summed E-state index contributed by atoms with van der Waals surface area (Å²) in [4.78, 5) is 12.7. The van der Waals surface area contributed by atoms with Gasteiger partial charge in [-0.25, -0.2) is 4.68 Å². The maximum Gasteiger partial charge on any atom is 0.231 e. The van der Waals surface area contributed by atoms with Crippen molar-refractivity contribution < 1.29 is 9.53 Å². The van der Waals surface area contributed by atoms with E-state index in [0.29, 0.717) is 19.1 Å². The number of hydrogen-bond acceptors (Lipinski definition) is 5. The van der Waals surface area contributed by atoms with Gasteiger partial charge in [-0.1, -0.05) is 30.3 Å². The third kappa shape index (κ3) is 3.16. The Labute approximate surface area is 156 Å². The predicted molar refractivity (Wildman–Crippen MR) is 99.3 cm³/mol. The van der Waals surface area contributed by atoms with Gasteiger partial charge in [-0.15, -0.1) is 5.10 Å². The molecule has 7 nitrogen and oxygen atoms in total. The molecule has 0 spiro atoms. The van der Waals surface area contributed by atoms with E-state index >= 15 is 0 Å². The van der Waals surface area contributed by atoms with Gasteiger partial charge < -0.3 is 10.1 Å². The number of rotatable bonds is 4. The van der Waals surface area contributed by atoms with Crippen molar-refractivity contribution in [3.63, 3.8) is 0 Å². The number of anilines is 1. The zero-order valence-electron chi connectivity index (χ0n) is 14.7. The van der Waals surface area contributed by atoms with Crippen molar-refractivity contribution in [1.29, 1.82) is 0 Å². The van der Waals surface area contributed by atoms with E-state index in [1.54, 1.807) is 0 Å². The van der Waals surface area contributed by atoms with Crippen molar-refractivity contribution in [1.82, 2.24) is 20.2 Å². The summed E-state index contributed by atoms with van der Waals surface area (Å²) < 4.78 is 7.60. The van der Waals surface area contributed by atoms with E-state index in [9.17, 15) is 4.79 Å². The van der Waals surface area contributed by atoms with Crippen LogP contribution in [-0.2, 0) is 11.2 Å². The van der Waals surface area contributed by atoms with Crippen LogP contribution in [0.3, 0.4) is 0 Å². The van der Waals surface area contributed by atoms with Crippen LogP contribution in [0.25, 0.3) is 11.4 Å². The molecule has 7 heteroatoms. The lowest BCUT2D eigenvalue weighted by molar-refractivity contribution is -0.121. The number of tetrazole rings is 1. The van der Waals surface area contributed by atoms with Crippen molar-refractivity contribution in [3.05, 3.63) is 54.1 Å². The highest BCUT2D eigenvalue weighted by molar-refractivity contribution is 5.93. The number of nitrogens with zero attached hydrogens (tertiary/aromatic N) is 4. The summed E-state index contributed by atoms with van der Waals surface area (Å²) in [6.45, 7) is 0.391. The summed E-state index contributed by atoms with van der Waals surface area (Å²) in [5.74, 6) is 1.36. The second kappa shape index (κ2) is 6.50. The minimum atomic E-state index is -0.208. The molecule has 0 bridgehead atoms. The average Bonchev–Trinajstić information content (AvgIpc) is 3.44. The lowest BCUT2D eigenvalue weighted by Crippen LogP contribution is -2.32. The number of benzene rings is 2. The van der Waals surface area contributed by atoms with Crippen molar-refractivity contribution in [2.24, 2.45) is 5.92 Å². The maximum absolute atomic E-state index is 12.7. The molecule has 0 unspecified atom stereocenters. The number of carbonyl (C=O) groups is 1. The molecule has 27 heavy (non-hydrogen) atoms. The van der Waals surface area contributed by atoms with Crippen LogP contribution >= 0.6 is 0 Å². The molecule has 1 saturated carbocycles. The molecular weight excluding hydrogens is 342 g/mol. The van der Waals surface area contributed by atoms with Crippen LogP contribution < -0.4 is 10.1 Å². The fourth-order valence-corrected chi connectivity index (χ4v) is 3.43. The van der Waals surface area contributed by atoms with Crippen LogP contribution in [0.4, 0.5) is 5.69 Å². The van der Waals surface area contributed by atoms with Gasteiger partial charge in [0, 0.05) is 11.3 Å². The van der Waals surface area contributed by atoms with Crippen LogP contribution in [0.5, 0.6) is 5.75 Å². The largest absolute Gasteiger partial charge is 0.492 e. The van der Waals surface area contributed by atoms with E-state index in [-0.39, 0.29) is 11.8 Å². The number of amides is 1. The predicted octanol–water partition coefficient (Wildman–Crippen LogP) is 2.86.